The van der Waals surface area contributed by atoms with Gasteiger partial charge in [-0.1, -0.05) is 52.3 Å². The van der Waals surface area contributed by atoms with Gasteiger partial charge in [-0.25, -0.2) is 4.98 Å². The van der Waals surface area contributed by atoms with Crippen LogP contribution in [-0.2, 0) is 24.6 Å². The minimum atomic E-state index is 0.471. The number of hydrogen-bond donors (Lipinski definition) is 0. The average Bonchev–Trinajstić information content (AvgIpc) is 3.33. The lowest BCUT2D eigenvalue weighted by Crippen LogP contribution is -2.05. The van der Waals surface area contributed by atoms with E-state index in [1.165, 1.54) is 16.3 Å². The highest BCUT2D eigenvalue weighted by Gasteiger charge is 2.16. The molecule has 0 aliphatic heterocycles. The van der Waals surface area contributed by atoms with Crippen molar-refractivity contribution in [2.24, 2.45) is 0 Å². The van der Waals surface area contributed by atoms with E-state index in [0.717, 1.165) is 26.3 Å². The molecule has 0 radical (unpaired) electrons. The molecule has 0 saturated carbocycles. The molecule has 0 unspecified atom stereocenters. The zero-order chi connectivity index (χ0) is 21.2. The maximum absolute atomic E-state index is 5.94. The van der Waals surface area contributed by atoms with E-state index in [9.17, 15) is 0 Å². The van der Waals surface area contributed by atoms with Gasteiger partial charge in [0.25, 0.3) is 0 Å². The minimum Gasteiger partial charge on any atom is -0.356 e. The molecule has 0 bridgehead atoms. The molecule has 0 N–H and O–H groups in total. The molecule has 5 nitrogen and oxygen atoms in total. The topological polar surface area (TPSA) is 44.9 Å². The molecule has 7 heteroatoms. The van der Waals surface area contributed by atoms with E-state index in [0.29, 0.717) is 19.9 Å². The van der Waals surface area contributed by atoms with Crippen molar-refractivity contribution in [3.05, 3.63) is 89.0 Å². The van der Waals surface area contributed by atoms with Gasteiger partial charge >= 0.3 is 0 Å². The van der Waals surface area contributed by atoms with Crippen LogP contribution in [0.4, 0.5) is 0 Å². The summed E-state index contributed by atoms with van der Waals surface area (Å²) in [6.45, 7) is 1.72. The van der Waals surface area contributed by atoms with Gasteiger partial charge in [0, 0.05) is 21.4 Å². The van der Waals surface area contributed by atoms with Gasteiger partial charge in [-0.2, -0.15) is 0 Å². The van der Waals surface area contributed by atoms with E-state index < -0.39 is 0 Å². The second kappa shape index (κ2) is 8.86. The van der Waals surface area contributed by atoms with Crippen LogP contribution in [0.3, 0.4) is 0 Å². The van der Waals surface area contributed by atoms with Gasteiger partial charge in [-0.3, -0.25) is 4.98 Å². The Balaban J connectivity index is 1.45. The SMILES string of the molecule is CSc1c(Cn2c3cnccc3c3ccc(Br)cc32)ncn1COCc1ccccc1. The lowest BCUT2D eigenvalue weighted by atomic mass is 10.2. The molecule has 5 aromatic rings. The number of thioether (sulfide) groups is 1. The van der Waals surface area contributed by atoms with Crippen molar-refractivity contribution in [3.63, 3.8) is 0 Å². The summed E-state index contributed by atoms with van der Waals surface area (Å²) in [6, 6.07) is 18.7. The highest BCUT2D eigenvalue weighted by atomic mass is 79.9. The Kier molecular flexibility index (Phi) is 5.80. The molecule has 0 amide bonds. The summed E-state index contributed by atoms with van der Waals surface area (Å²) in [5.41, 5.74) is 4.46. The summed E-state index contributed by atoms with van der Waals surface area (Å²) >= 11 is 5.31. The van der Waals surface area contributed by atoms with Crippen LogP contribution in [0.1, 0.15) is 11.3 Å². The molecule has 5 rings (SSSR count). The number of aromatic nitrogens is 4. The predicted molar refractivity (Wildman–Crippen MR) is 129 cm³/mol. The fraction of sp³-hybridized carbons (Fsp3) is 0.167. The number of benzene rings is 2. The second-order valence-corrected chi connectivity index (χ2v) is 8.98. The fourth-order valence-corrected chi connectivity index (χ4v) is 4.96. The molecule has 3 aromatic heterocycles. The Labute approximate surface area is 193 Å². The predicted octanol–water partition coefficient (Wildman–Crippen LogP) is 6.09. The number of ether oxygens (including phenoxy) is 1. The summed E-state index contributed by atoms with van der Waals surface area (Å²) in [6.07, 6.45) is 7.73. The third kappa shape index (κ3) is 4.01. The molecule has 31 heavy (non-hydrogen) atoms. The first kappa shape index (κ1) is 20.3. The lowest BCUT2D eigenvalue weighted by Gasteiger charge is -2.10. The van der Waals surface area contributed by atoms with Gasteiger partial charge < -0.3 is 13.9 Å². The van der Waals surface area contributed by atoms with Crippen molar-refractivity contribution in [3.8, 4) is 0 Å². The summed E-state index contributed by atoms with van der Waals surface area (Å²) in [7, 11) is 0. The standard InChI is InChI=1S/C24H21BrN4OS/c1-31-24-21(27-15-28(24)16-30-14-17-5-3-2-4-6-17)13-29-22-11-18(25)7-8-19(22)20-9-10-26-12-23(20)29/h2-12,15H,13-14,16H2,1H3. The summed E-state index contributed by atoms with van der Waals surface area (Å²) in [5.74, 6) is 0. The molecule has 0 saturated heterocycles. The average molecular weight is 493 g/mol. The van der Waals surface area contributed by atoms with Crippen LogP contribution in [0.2, 0.25) is 0 Å². The van der Waals surface area contributed by atoms with Crippen molar-refractivity contribution < 1.29 is 4.74 Å². The quantitative estimate of drug-likeness (QED) is 0.257. The van der Waals surface area contributed by atoms with Gasteiger partial charge in [0.05, 0.1) is 42.4 Å². The number of rotatable bonds is 7. The first-order valence-corrected chi connectivity index (χ1v) is 12.0. The van der Waals surface area contributed by atoms with Crippen molar-refractivity contribution >= 4 is 49.5 Å². The third-order valence-corrected chi connectivity index (χ3v) is 6.69. The van der Waals surface area contributed by atoms with Crippen LogP contribution in [-0.4, -0.2) is 25.4 Å². The molecule has 3 heterocycles. The van der Waals surface area contributed by atoms with Gasteiger partial charge in [-0.15, -0.1) is 11.8 Å². The Morgan fingerprint density at radius 2 is 1.87 bits per heavy atom. The Hall–Kier alpha value is -2.61. The van der Waals surface area contributed by atoms with E-state index in [2.05, 4.69) is 72.7 Å². The molecule has 0 fully saturated rings. The van der Waals surface area contributed by atoms with Gasteiger partial charge in [0.15, 0.2) is 0 Å². The summed E-state index contributed by atoms with van der Waals surface area (Å²) in [4.78, 5) is 9.10. The van der Waals surface area contributed by atoms with Crippen LogP contribution >= 0.6 is 27.7 Å². The number of fused-ring (bicyclic) bond motifs is 3. The number of hydrogen-bond acceptors (Lipinski definition) is 4. The van der Waals surface area contributed by atoms with Gasteiger partial charge in [-0.05, 0) is 30.0 Å². The Bertz CT molecular complexity index is 1350. The van der Waals surface area contributed by atoms with Crippen molar-refractivity contribution in [1.29, 1.82) is 0 Å². The van der Waals surface area contributed by atoms with Crippen LogP contribution in [0.5, 0.6) is 0 Å². The first-order chi connectivity index (χ1) is 15.2. The molecule has 156 valence electrons. The summed E-state index contributed by atoms with van der Waals surface area (Å²) < 4.78 is 11.4. The van der Waals surface area contributed by atoms with E-state index in [4.69, 9.17) is 9.72 Å². The monoisotopic (exact) mass is 492 g/mol. The zero-order valence-electron chi connectivity index (χ0n) is 17.0. The van der Waals surface area contributed by atoms with Crippen LogP contribution in [0.25, 0.3) is 21.8 Å². The Morgan fingerprint density at radius 1 is 1.03 bits per heavy atom. The van der Waals surface area contributed by atoms with Crippen molar-refractivity contribution in [2.45, 2.75) is 24.9 Å². The largest absolute Gasteiger partial charge is 0.356 e. The minimum absolute atomic E-state index is 0.471. The number of halogens is 1. The number of imidazole rings is 1. The molecular formula is C24H21BrN4OS. The van der Waals surface area contributed by atoms with Crippen molar-refractivity contribution in [1.82, 2.24) is 19.1 Å². The van der Waals surface area contributed by atoms with Gasteiger partial charge in [0.2, 0.25) is 0 Å². The first-order valence-electron chi connectivity index (χ1n) is 9.95. The maximum atomic E-state index is 5.94. The van der Waals surface area contributed by atoms with E-state index in [-0.39, 0.29) is 0 Å². The fourth-order valence-electron chi connectivity index (χ4n) is 3.92. The third-order valence-electron chi connectivity index (χ3n) is 5.34. The Morgan fingerprint density at radius 3 is 2.71 bits per heavy atom. The van der Waals surface area contributed by atoms with E-state index >= 15 is 0 Å². The smallest absolute Gasteiger partial charge is 0.125 e. The maximum Gasteiger partial charge on any atom is 0.125 e. The van der Waals surface area contributed by atoms with Crippen LogP contribution < -0.4 is 0 Å². The highest BCUT2D eigenvalue weighted by molar-refractivity contribution is 9.10. The van der Waals surface area contributed by atoms with E-state index in [1.807, 2.05) is 36.9 Å². The van der Waals surface area contributed by atoms with E-state index in [1.54, 1.807) is 11.8 Å². The molecule has 2 aromatic carbocycles. The molecular weight excluding hydrogens is 472 g/mol. The van der Waals surface area contributed by atoms with Crippen molar-refractivity contribution in [2.75, 3.05) is 6.26 Å². The summed E-state index contributed by atoms with van der Waals surface area (Å²) in [5, 5.41) is 3.53. The molecule has 0 spiro atoms. The molecule has 0 aliphatic carbocycles. The second-order valence-electron chi connectivity index (χ2n) is 7.27. The zero-order valence-corrected chi connectivity index (χ0v) is 19.4. The highest BCUT2D eigenvalue weighted by Crippen LogP contribution is 2.32. The van der Waals surface area contributed by atoms with Crippen LogP contribution in [0.15, 0.2) is 82.8 Å². The number of nitrogens with zero attached hydrogens (tertiary/aromatic N) is 4. The molecule has 0 atom stereocenters. The normalized spacial score (nSPS) is 11.5. The molecule has 0 aliphatic rings. The van der Waals surface area contributed by atoms with Crippen LogP contribution in [0, 0.1) is 0 Å². The number of pyridine rings is 1. The lowest BCUT2D eigenvalue weighted by molar-refractivity contribution is 0.0590. The van der Waals surface area contributed by atoms with Gasteiger partial charge in [0.1, 0.15) is 11.8 Å².